The normalized spacial score (nSPS) is 13.1. The van der Waals surface area contributed by atoms with Crippen LogP contribution in [-0.2, 0) is 12.5 Å². The molecule has 92 valence electrons. The number of hydrogen-bond acceptors (Lipinski definition) is 3. The standard InChI is InChI=1S/C7H8F5N3O/c8-6(9,1-2-16)5-3-13-14-15(5)4-7(10,11)12/h3,16H,1-2,4H2. The van der Waals surface area contributed by atoms with Crippen molar-refractivity contribution in [2.45, 2.75) is 25.1 Å². The fourth-order valence-electron chi connectivity index (χ4n) is 1.10. The van der Waals surface area contributed by atoms with E-state index in [1.54, 1.807) is 0 Å². The maximum Gasteiger partial charge on any atom is 0.408 e. The van der Waals surface area contributed by atoms with Crippen LogP contribution in [-0.4, -0.2) is 32.9 Å². The molecule has 0 aliphatic carbocycles. The lowest BCUT2D eigenvalue weighted by Crippen LogP contribution is -2.26. The first-order valence-electron chi connectivity index (χ1n) is 4.20. The molecule has 9 heteroatoms. The van der Waals surface area contributed by atoms with Crippen molar-refractivity contribution >= 4 is 0 Å². The highest BCUT2D eigenvalue weighted by Crippen LogP contribution is 2.31. The molecule has 1 rings (SSSR count). The van der Waals surface area contributed by atoms with Crippen LogP contribution in [0.4, 0.5) is 22.0 Å². The second-order valence-electron chi connectivity index (χ2n) is 3.07. The topological polar surface area (TPSA) is 50.9 Å². The van der Waals surface area contributed by atoms with Crippen LogP contribution in [0.2, 0.25) is 0 Å². The van der Waals surface area contributed by atoms with Crippen molar-refractivity contribution in [3.63, 3.8) is 0 Å². The summed E-state index contributed by atoms with van der Waals surface area (Å²) in [4.78, 5) is 0. The Kier molecular flexibility index (Phi) is 3.46. The van der Waals surface area contributed by atoms with E-state index in [1.807, 2.05) is 0 Å². The fourth-order valence-corrected chi connectivity index (χ4v) is 1.10. The van der Waals surface area contributed by atoms with Gasteiger partial charge in [-0.1, -0.05) is 5.21 Å². The predicted octanol–water partition coefficient (Wildman–Crippen LogP) is 1.31. The van der Waals surface area contributed by atoms with E-state index in [-0.39, 0.29) is 4.68 Å². The van der Waals surface area contributed by atoms with Gasteiger partial charge in [0.2, 0.25) is 0 Å². The number of aliphatic hydroxyl groups is 1. The minimum Gasteiger partial charge on any atom is -0.396 e. The van der Waals surface area contributed by atoms with E-state index in [2.05, 4.69) is 10.3 Å². The van der Waals surface area contributed by atoms with Crippen LogP contribution in [0, 0.1) is 0 Å². The molecule has 1 aromatic heterocycles. The summed E-state index contributed by atoms with van der Waals surface area (Å²) < 4.78 is 62.4. The van der Waals surface area contributed by atoms with Crippen molar-refractivity contribution < 1.29 is 27.1 Å². The van der Waals surface area contributed by atoms with Gasteiger partial charge in [0.05, 0.1) is 6.20 Å². The van der Waals surface area contributed by atoms with E-state index in [0.717, 1.165) is 0 Å². The van der Waals surface area contributed by atoms with Crippen LogP contribution in [0.25, 0.3) is 0 Å². The Hall–Kier alpha value is -1.25. The van der Waals surface area contributed by atoms with Gasteiger partial charge in [-0.25, -0.2) is 4.68 Å². The van der Waals surface area contributed by atoms with Gasteiger partial charge in [0, 0.05) is 13.0 Å². The first-order chi connectivity index (χ1) is 7.26. The first kappa shape index (κ1) is 12.8. The Bertz CT molecular complexity index is 348. The summed E-state index contributed by atoms with van der Waals surface area (Å²) in [7, 11) is 0. The van der Waals surface area contributed by atoms with Gasteiger partial charge in [-0.05, 0) is 0 Å². The minimum absolute atomic E-state index is 0.0790. The van der Waals surface area contributed by atoms with Crippen molar-refractivity contribution in [3.8, 4) is 0 Å². The van der Waals surface area contributed by atoms with E-state index in [1.165, 1.54) is 0 Å². The third kappa shape index (κ3) is 3.12. The Morgan fingerprint density at radius 1 is 1.25 bits per heavy atom. The van der Waals surface area contributed by atoms with E-state index in [9.17, 15) is 22.0 Å². The van der Waals surface area contributed by atoms with Gasteiger partial charge in [0.1, 0.15) is 12.2 Å². The quantitative estimate of drug-likeness (QED) is 0.814. The Balaban J connectivity index is 2.94. The van der Waals surface area contributed by atoms with Crippen molar-refractivity contribution in [2.24, 2.45) is 0 Å². The Morgan fingerprint density at radius 3 is 2.38 bits per heavy atom. The number of aliphatic hydroxyl groups excluding tert-OH is 1. The zero-order valence-corrected chi connectivity index (χ0v) is 7.88. The molecule has 1 heterocycles. The van der Waals surface area contributed by atoms with Gasteiger partial charge in [-0.3, -0.25) is 0 Å². The lowest BCUT2D eigenvalue weighted by atomic mass is 10.2. The van der Waals surface area contributed by atoms with Crippen molar-refractivity contribution in [1.82, 2.24) is 15.0 Å². The Labute approximate surface area is 86.7 Å². The average Bonchev–Trinajstić information content (AvgIpc) is 2.49. The number of hydrogen-bond donors (Lipinski definition) is 1. The molecule has 0 atom stereocenters. The molecule has 1 N–H and O–H groups in total. The second kappa shape index (κ2) is 4.32. The van der Waals surface area contributed by atoms with Gasteiger partial charge >= 0.3 is 6.18 Å². The molecule has 0 unspecified atom stereocenters. The number of rotatable bonds is 4. The predicted molar refractivity (Wildman–Crippen MR) is 41.7 cm³/mol. The first-order valence-corrected chi connectivity index (χ1v) is 4.20. The number of aromatic nitrogens is 3. The van der Waals surface area contributed by atoms with Crippen LogP contribution < -0.4 is 0 Å². The van der Waals surface area contributed by atoms with Crippen LogP contribution in [0.5, 0.6) is 0 Å². The fraction of sp³-hybridized carbons (Fsp3) is 0.714. The van der Waals surface area contributed by atoms with Crippen molar-refractivity contribution in [1.29, 1.82) is 0 Å². The van der Waals surface area contributed by atoms with Gasteiger partial charge in [0.15, 0.2) is 0 Å². The van der Waals surface area contributed by atoms with E-state index in [0.29, 0.717) is 6.20 Å². The zero-order valence-electron chi connectivity index (χ0n) is 7.88. The van der Waals surface area contributed by atoms with Crippen LogP contribution in [0.1, 0.15) is 12.1 Å². The zero-order chi connectivity index (χ0) is 12.4. The highest BCUT2D eigenvalue weighted by Gasteiger charge is 2.38. The summed E-state index contributed by atoms with van der Waals surface area (Å²) in [6.45, 7) is -2.48. The summed E-state index contributed by atoms with van der Waals surface area (Å²) in [5.74, 6) is -3.58. The van der Waals surface area contributed by atoms with Gasteiger partial charge in [-0.2, -0.15) is 22.0 Å². The van der Waals surface area contributed by atoms with Gasteiger partial charge in [-0.15, -0.1) is 5.10 Å². The number of nitrogens with zero attached hydrogens (tertiary/aromatic N) is 3. The largest absolute Gasteiger partial charge is 0.408 e. The molecule has 0 fully saturated rings. The third-order valence-electron chi connectivity index (χ3n) is 1.75. The molecule has 1 aromatic rings. The van der Waals surface area contributed by atoms with E-state index in [4.69, 9.17) is 5.11 Å². The SMILES string of the molecule is OCCC(F)(F)c1cnnn1CC(F)(F)F. The maximum atomic E-state index is 13.2. The monoisotopic (exact) mass is 245 g/mol. The molecule has 4 nitrogen and oxygen atoms in total. The molecular formula is C7H8F5N3O. The van der Waals surface area contributed by atoms with Crippen molar-refractivity contribution in [2.75, 3.05) is 6.61 Å². The summed E-state index contributed by atoms with van der Waals surface area (Å²) in [5.41, 5.74) is -0.959. The lowest BCUT2D eigenvalue weighted by molar-refractivity contribution is -0.145. The molecular weight excluding hydrogens is 237 g/mol. The van der Waals surface area contributed by atoms with Crippen LogP contribution in [0.3, 0.4) is 0 Å². The lowest BCUT2D eigenvalue weighted by Gasteiger charge is -2.16. The summed E-state index contributed by atoms with van der Waals surface area (Å²) >= 11 is 0. The molecule has 0 spiro atoms. The molecule has 0 aromatic carbocycles. The van der Waals surface area contributed by atoms with E-state index < -0.39 is 37.4 Å². The minimum atomic E-state index is -4.66. The Morgan fingerprint density at radius 2 is 1.88 bits per heavy atom. The van der Waals surface area contributed by atoms with Gasteiger partial charge in [0.25, 0.3) is 5.92 Å². The highest BCUT2D eigenvalue weighted by molar-refractivity contribution is 5.03. The molecule has 0 saturated carbocycles. The highest BCUT2D eigenvalue weighted by atomic mass is 19.4. The third-order valence-corrected chi connectivity index (χ3v) is 1.75. The van der Waals surface area contributed by atoms with E-state index >= 15 is 0 Å². The average molecular weight is 245 g/mol. The van der Waals surface area contributed by atoms with Crippen LogP contribution >= 0.6 is 0 Å². The summed E-state index contributed by atoms with van der Waals surface area (Å²) in [5, 5.41) is 14.3. The van der Waals surface area contributed by atoms with Gasteiger partial charge < -0.3 is 5.11 Å². The molecule has 0 radical (unpaired) electrons. The molecule has 0 amide bonds. The molecule has 0 aliphatic rings. The maximum absolute atomic E-state index is 13.2. The molecule has 0 saturated heterocycles. The second-order valence-corrected chi connectivity index (χ2v) is 3.07. The smallest absolute Gasteiger partial charge is 0.396 e. The van der Waals surface area contributed by atoms with Crippen LogP contribution in [0.15, 0.2) is 6.20 Å². The summed E-state index contributed by atoms with van der Waals surface area (Å²) in [6, 6.07) is 0. The number of halogens is 5. The molecule has 16 heavy (non-hydrogen) atoms. The summed E-state index contributed by atoms with van der Waals surface area (Å²) in [6.07, 6.45) is -5.07. The van der Waals surface area contributed by atoms with Crippen molar-refractivity contribution in [3.05, 3.63) is 11.9 Å². The molecule has 0 bridgehead atoms. The molecule has 0 aliphatic heterocycles. The number of alkyl halides is 5.